The molecule has 0 amide bonds. The molecule has 0 saturated carbocycles. The fourth-order valence-electron chi connectivity index (χ4n) is 2.41. The zero-order valence-electron chi connectivity index (χ0n) is 14.4. The van der Waals surface area contributed by atoms with Gasteiger partial charge in [-0.15, -0.1) is 11.8 Å². The third-order valence-corrected chi connectivity index (χ3v) is 6.64. The molecule has 0 aliphatic carbocycles. The third-order valence-electron chi connectivity index (χ3n) is 3.88. The highest BCUT2D eigenvalue weighted by molar-refractivity contribution is 7.98. The smallest absolute Gasteiger partial charge is 0.261 e. The summed E-state index contributed by atoms with van der Waals surface area (Å²) in [6.45, 7) is 1.53. The Hall–Kier alpha value is -2.02. The van der Waals surface area contributed by atoms with E-state index in [2.05, 4.69) is 4.72 Å². The number of sulfonamides is 1. The summed E-state index contributed by atoms with van der Waals surface area (Å²) in [5.41, 5.74) is 1.85. The van der Waals surface area contributed by atoms with Crippen LogP contribution in [-0.2, 0) is 15.8 Å². The second-order valence-corrected chi connectivity index (χ2v) is 9.06. The second-order valence-electron chi connectivity index (χ2n) is 5.93. The van der Waals surface area contributed by atoms with Crippen LogP contribution in [0, 0.1) is 12.7 Å². The van der Waals surface area contributed by atoms with E-state index in [9.17, 15) is 12.8 Å². The largest absolute Gasteiger partial charge is 0.278 e. The van der Waals surface area contributed by atoms with Crippen molar-refractivity contribution in [2.45, 2.75) is 22.5 Å². The first-order chi connectivity index (χ1) is 12.8. The highest BCUT2D eigenvalue weighted by Gasteiger charge is 2.17. The van der Waals surface area contributed by atoms with Crippen LogP contribution >= 0.6 is 23.4 Å². The van der Waals surface area contributed by atoms with Crippen LogP contribution in [0.3, 0.4) is 0 Å². The normalized spacial score (nSPS) is 11.4. The number of hydrogen-bond donors (Lipinski definition) is 1. The molecular weight excluding hydrogens is 405 g/mol. The number of rotatable bonds is 6. The quantitative estimate of drug-likeness (QED) is 0.505. The van der Waals surface area contributed by atoms with Gasteiger partial charge in [0.25, 0.3) is 10.0 Å². The zero-order valence-corrected chi connectivity index (χ0v) is 16.8. The van der Waals surface area contributed by atoms with Gasteiger partial charge in [-0.25, -0.2) is 12.8 Å². The van der Waals surface area contributed by atoms with Crippen molar-refractivity contribution < 1.29 is 12.8 Å². The van der Waals surface area contributed by atoms with Crippen molar-refractivity contribution in [1.82, 2.24) is 0 Å². The average molecular weight is 422 g/mol. The summed E-state index contributed by atoms with van der Waals surface area (Å²) in [7, 11) is -3.81. The first kappa shape index (κ1) is 19.7. The van der Waals surface area contributed by atoms with Crippen molar-refractivity contribution in [3.8, 4) is 0 Å². The van der Waals surface area contributed by atoms with E-state index in [1.165, 1.54) is 30.8 Å². The summed E-state index contributed by atoms with van der Waals surface area (Å²) >= 11 is 7.42. The molecule has 0 fully saturated rings. The van der Waals surface area contributed by atoms with E-state index < -0.39 is 15.8 Å². The van der Waals surface area contributed by atoms with Gasteiger partial charge in [-0.3, -0.25) is 4.72 Å². The van der Waals surface area contributed by atoms with E-state index in [-0.39, 0.29) is 10.5 Å². The highest BCUT2D eigenvalue weighted by Crippen LogP contribution is 2.31. The lowest BCUT2D eigenvalue weighted by Crippen LogP contribution is -2.14. The molecule has 3 rings (SSSR count). The van der Waals surface area contributed by atoms with E-state index in [4.69, 9.17) is 11.6 Å². The van der Waals surface area contributed by atoms with Crippen LogP contribution in [0.1, 0.15) is 11.1 Å². The van der Waals surface area contributed by atoms with Crippen LogP contribution in [-0.4, -0.2) is 8.42 Å². The molecule has 0 radical (unpaired) electrons. The minimum absolute atomic E-state index is 0.0268. The van der Waals surface area contributed by atoms with Crippen LogP contribution in [0.15, 0.2) is 76.5 Å². The van der Waals surface area contributed by atoms with E-state index in [1.54, 1.807) is 12.1 Å². The first-order valence-electron chi connectivity index (χ1n) is 8.10. The number of benzene rings is 3. The molecule has 0 aliphatic heterocycles. The number of halogens is 2. The number of nitrogens with one attached hydrogen (secondary N) is 1. The first-order valence-corrected chi connectivity index (χ1v) is 10.9. The van der Waals surface area contributed by atoms with Gasteiger partial charge in [0.15, 0.2) is 0 Å². The Bertz CT molecular complexity index is 1050. The Labute approximate surface area is 167 Å². The molecule has 0 saturated heterocycles. The molecule has 140 valence electrons. The van der Waals surface area contributed by atoms with Gasteiger partial charge in [-0.05, 0) is 60.5 Å². The molecular formula is C20H17ClFNO2S2. The Balaban J connectivity index is 1.80. The molecule has 3 aromatic rings. The monoisotopic (exact) mass is 421 g/mol. The van der Waals surface area contributed by atoms with E-state index in [0.717, 1.165) is 16.5 Å². The maximum atomic E-state index is 13.4. The number of para-hydroxylation sites is 1. The van der Waals surface area contributed by atoms with Crippen molar-refractivity contribution in [2.75, 3.05) is 4.72 Å². The van der Waals surface area contributed by atoms with Gasteiger partial charge in [0.2, 0.25) is 0 Å². The molecule has 0 unspecified atom stereocenters. The number of thioether (sulfide) groups is 1. The van der Waals surface area contributed by atoms with Gasteiger partial charge in [0.1, 0.15) is 5.82 Å². The lowest BCUT2D eigenvalue weighted by Gasteiger charge is -2.13. The van der Waals surface area contributed by atoms with Crippen molar-refractivity contribution in [3.05, 3.63) is 88.7 Å². The van der Waals surface area contributed by atoms with E-state index >= 15 is 0 Å². The standard InChI is InChI=1S/C20H17ClFNO2S2/c1-14-12-17(10-11-18(14)22)27(24,25)23-19-4-2-3-5-20(19)26-13-15-6-8-16(21)9-7-15/h2-12,23H,13H2,1H3. The molecule has 0 aromatic heterocycles. The van der Waals surface area contributed by atoms with Crippen molar-refractivity contribution in [1.29, 1.82) is 0 Å². The SMILES string of the molecule is Cc1cc(S(=O)(=O)Nc2ccccc2SCc2ccc(Cl)cc2)ccc1F. The van der Waals surface area contributed by atoms with Gasteiger partial charge in [-0.2, -0.15) is 0 Å². The second kappa shape index (κ2) is 8.33. The third kappa shape index (κ3) is 5.03. The van der Waals surface area contributed by atoms with Crippen LogP contribution in [0.5, 0.6) is 0 Å². The van der Waals surface area contributed by atoms with Crippen molar-refractivity contribution in [2.24, 2.45) is 0 Å². The topological polar surface area (TPSA) is 46.2 Å². The van der Waals surface area contributed by atoms with Crippen molar-refractivity contribution in [3.63, 3.8) is 0 Å². The lowest BCUT2D eigenvalue weighted by atomic mass is 10.2. The Morgan fingerprint density at radius 2 is 1.74 bits per heavy atom. The fourth-order valence-corrected chi connectivity index (χ4v) is 4.73. The summed E-state index contributed by atoms with van der Waals surface area (Å²) in [5, 5.41) is 0.673. The van der Waals surface area contributed by atoms with Crippen LogP contribution < -0.4 is 4.72 Å². The van der Waals surface area contributed by atoms with Gasteiger partial charge in [0, 0.05) is 15.7 Å². The predicted octanol–water partition coefficient (Wildman–Crippen LogP) is 5.88. The highest BCUT2D eigenvalue weighted by atomic mass is 35.5. The van der Waals surface area contributed by atoms with E-state index in [1.807, 2.05) is 36.4 Å². The van der Waals surface area contributed by atoms with Gasteiger partial charge < -0.3 is 0 Å². The summed E-state index contributed by atoms with van der Waals surface area (Å²) in [5.74, 6) is 0.235. The van der Waals surface area contributed by atoms with Crippen LogP contribution in [0.2, 0.25) is 5.02 Å². The van der Waals surface area contributed by atoms with E-state index in [0.29, 0.717) is 16.5 Å². The summed E-state index contributed by atoms with van der Waals surface area (Å²) in [6, 6.07) is 18.4. The van der Waals surface area contributed by atoms with Crippen LogP contribution in [0.25, 0.3) is 0 Å². The fraction of sp³-hybridized carbons (Fsp3) is 0.100. The average Bonchev–Trinajstić information content (AvgIpc) is 2.64. The zero-order chi connectivity index (χ0) is 19.4. The Morgan fingerprint density at radius 1 is 1.04 bits per heavy atom. The van der Waals surface area contributed by atoms with Gasteiger partial charge >= 0.3 is 0 Å². The molecule has 0 aliphatic rings. The molecule has 3 aromatic carbocycles. The van der Waals surface area contributed by atoms with Crippen molar-refractivity contribution >= 4 is 39.1 Å². The van der Waals surface area contributed by atoms with Gasteiger partial charge in [0.05, 0.1) is 10.6 Å². The molecule has 27 heavy (non-hydrogen) atoms. The molecule has 0 heterocycles. The minimum Gasteiger partial charge on any atom is -0.278 e. The molecule has 0 bridgehead atoms. The molecule has 3 nitrogen and oxygen atoms in total. The summed E-state index contributed by atoms with van der Waals surface area (Å²) in [4.78, 5) is 0.828. The molecule has 1 N–H and O–H groups in total. The minimum atomic E-state index is -3.81. The number of aryl methyl sites for hydroxylation is 1. The maximum absolute atomic E-state index is 13.4. The number of hydrogen-bond acceptors (Lipinski definition) is 3. The Morgan fingerprint density at radius 3 is 2.44 bits per heavy atom. The molecule has 0 atom stereocenters. The summed E-state index contributed by atoms with van der Waals surface area (Å²) in [6.07, 6.45) is 0. The summed E-state index contributed by atoms with van der Waals surface area (Å²) < 4.78 is 41.4. The molecule has 0 spiro atoms. The maximum Gasteiger partial charge on any atom is 0.261 e. The predicted molar refractivity (Wildman–Crippen MR) is 109 cm³/mol. The Kier molecular flexibility index (Phi) is 6.09. The molecule has 7 heteroatoms. The number of anilines is 1. The lowest BCUT2D eigenvalue weighted by molar-refractivity contribution is 0.598. The van der Waals surface area contributed by atoms with Crippen LogP contribution in [0.4, 0.5) is 10.1 Å². The van der Waals surface area contributed by atoms with Gasteiger partial charge in [-0.1, -0.05) is 35.9 Å².